The van der Waals surface area contributed by atoms with Crippen LogP contribution in [0.2, 0.25) is 5.15 Å². The van der Waals surface area contributed by atoms with Crippen LogP contribution >= 0.6 is 11.6 Å². The molecule has 272 valence electrons. The average molecular weight is 739 g/mol. The molecule has 11 nitrogen and oxygen atoms in total. The number of aryl methyl sites for hydroxylation is 2. The van der Waals surface area contributed by atoms with Gasteiger partial charge in [-0.25, -0.2) is 14.1 Å². The number of nitrogens with one attached hydrogen (secondary N) is 1. The normalized spacial score (nSPS) is 19.7. The number of carbonyl (C=O) groups is 2. The summed E-state index contributed by atoms with van der Waals surface area (Å²) in [6.07, 6.45) is -0.672. The highest BCUT2D eigenvalue weighted by Crippen LogP contribution is 2.65. The van der Waals surface area contributed by atoms with Gasteiger partial charge in [0, 0.05) is 49.6 Å². The third kappa shape index (κ3) is 6.99. The van der Waals surface area contributed by atoms with Gasteiger partial charge in [0.1, 0.15) is 11.2 Å². The Labute approximate surface area is 292 Å². The Kier molecular flexibility index (Phi) is 9.09. The number of pyridine rings is 2. The molecule has 1 saturated carbocycles. The first-order chi connectivity index (χ1) is 23.8. The number of rotatable bonds is 10. The molecule has 1 aliphatic heterocycles. The molecule has 1 N–H and O–H groups in total. The minimum absolute atomic E-state index is 0.0632. The summed E-state index contributed by atoms with van der Waals surface area (Å²) in [6.45, 7) is 1.74. The van der Waals surface area contributed by atoms with Crippen molar-refractivity contribution in [3.05, 3.63) is 86.7 Å². The second-order valence-electron chi connectivity index (χ2n) is 13.7. The summed E-state index contributed by atoms with van der Waals surface area (Å²) in [7, 11) is 1.25. The van der Waals surface area contributed by atoms with E-state index in [9.17, 15) is 40.7 Å². The number of aromatic nitrogens is 6. The van der Waals surface area contributed by atoms with Crippen molar-refractivity contribution in [3.8, 4) is 11.3 Å². The van der Waals surface area contributed by atoms with Crippen molar-refractivity contribution in [1.29, 1.82) is 0 Å². The van der Waals surface area contributed by atoms with Gasteiger partial charge in [-0.05, 0) is 62.9 Å². The Bertz CT molecular complexity index is 2050. The molecule has 1 spiro atoms. The largest absolute Gasteiger partial charge is 0.435 e. The van der Waals surface area contributed by atoms with Gasteiger partial charge < -0.3 is 14.8 Å². The summed E-state index contributed by atoms with van der Waals surface area (Å²) >= 11 is 6.04. The minimum atomic E-state index is -4.87. The van der Waals surface area contributed by atoms with Crippen LogP contribution < -0.4 is 10.9 Å². The molecule has 1 aliphatic carbocycles. The first-order valence-electron chi connectivity index (χ1n) is 15.9. The summed E-state index contributed by atoms with van der Waals surface area (Å²) in [6, 6.07) is 3.79. The molecular weight excluding hydrogens is 706 g/mol. The van der Waals surface area contributed by atoms with Crippen molar-refractivity contribution >= 4 is 23.4 Å². The highest BCUT2D eigenvalue weighted by atomic mass is 35.5. The molecule has 0 bridgehead atoms. The van der Waals surface area contributed by atoms with Crippen molar-refractivity contribution in [2.75, 3.05) is 6.54 Å². The topological polar surface area (TPSA) is 120 Å². The maximum absolute atomic E-state index is 14.4. The van der Waals surface area contributed by atoms with Gasteiger partial charge in [0.05, 0.1) is 29.4 Å². The molecule has 0 unspecified atom stereocenters. The lowest BCUT2D eigenvalue weighted by molar-refractivity contribution is -0.141. The third-order valence-corrected chi connectivity index (χ3v) is 9.71. The average Bonchev–Trinajstić information content (AvgIpc) is 3.30. The number of likely N-dealkylation sites (tertiary alicyclic amines) is 1. The summed E-state index contributed by atoms with van der Waals surface area (Å²) in [5, 5.41) is 10.5. The van der Waals surface area contributed by atoms with Crippen molar-refractivity contribution in [1.82, 2.24) is 39.3 Å². The number of amides is 2. The van der Waals surface area contributed by atoms with E-state index in [-0.39, 0.29) is 48.2 Å². The molecule has 2 aliphatic rings. The molecule has 6 rings (SSSR count). The number of alkyl halides is 5. The Morgan fingerprint density at radius 2 is 1.88 bits per heavy atom. The van der Waals surface area contributed by atoms with Crippen molar-refractivity contribution in [2.24, 2.45) is 12.5 Å². The first kappa shape index (κ1) is 36.1. The number of hydrogen-bond donors (Lipinski definition) is 1. The molecule has 2 amide bonds. The Balaban J connectivity index is 1.29. The SMILES string of the molecule is Cc1nc(Cl)ccc1[C@H]1C[C@@]12CCN([C@H](Cc1cnn(C(F)F)c1)C(=O)NC(C)(C)Cn1nc(C(F)(F)F)cc1-c1cc(F)c(=O)n(C)c1)C2=O. The van der Waals surface area contributed by atoms with E-state index in [1.807, 2.05) is 6.07 Å². The standard InChI is InChI=1S/C33H33ClF6N8O3/c1-17-20(5-6-26(34)42-17)21-12-32(21)7-8-46(29(32)51)24(9-18-13-41-47(14-18)30(36)37)27(49)43-31(2,3)16-48-23(11-25(44-48)33(38,39)40)19-10-22(35)28(50)45(4)15-19/h5-6,10-11,13-15,21,24,30H,7-9,12,16H2,1-4H3,(H,43,49)/t21-,24-,32+/m1/s1. The fourth-order valence-corrected chi connectivity index (χ4v) is 7.14. The van der Waals surface area contributed by atoms with Crippen LogP contribution in [0.15, 0.2) is 47.7 Å². The zero-order chi connectivity index (χ0) is 37.2. The van der Waals surface area contributed by atoms with Crippen LogP contribution in [0.4, 0.5) is 26.3 Å². The van der Waals surface area contributed by atoms with E-state index in [0.717, 1.165) is 27.1 Å². The van der Waals surface area contributed by atoms with Gasteiger partial charge in [-0.3, -0.25) is 19.1 Å². The van der Waals surface area contributed by atoms with Crippen LogP contribution in [-0.4, -0.2) is 64.0 Å². The van der Waals surface area contributed by atoms with Gasteiger partial charge in [0.15, 0.2) is 11.5 Å². The molecular formula is C33H33ClF6N8O3. The molecule has 3 atom stereocenters. The molecule has 51 heavy (non-hydrogen) atoms. The van der Waals surface area contributed by atoms with Gasteiger partial charge in [-0.1, -0.05) is 17.7 Å². The van der Waals surface area contributed by atoms with Crippen LogP contribution in [-0.2, 0) is 35.8 Å². The Hall–Kier alpha value is -4.67. The lowest BCUT2D eigenvalue weighted by Crippen LogP contribution is -2.56. The van der Waals surface area contributed by atoms with Crippen LogP contribution in [0.1, 0.15) is 61.7 Å². The van der Waals surface area contributed by atoms with Crippen LogP contribution in [0.3, 0.4) is 0 Å². The van der Waals surface area contributed by atoms with Crippen molar-refractivity contribution in [2.45, 2.75) is 76.8 Å². The van der Waals surface area contributed by atoms with E-state index >= 15 is 0 Å². The first-order valence-corrected chi connectivity index (χ1v) is 16.3. The molecule has 4 aromatic heterocycles. The van der Waals surface area contributed by atoms with Gasteiger partial charge in [0.25, 0.3) is 5.56 Å². The van der Waals surface area contributed by atoms with E-state index in [1.54, 1.807) is 13.0 Å². The van der Waals surface area contributed by atoms with Crippen LogP contribution in [0.25, 0.3) is 11.3 Å². The minimum Gasteiger partial charge on any atom is -0.348 e. The van der Waals surface area contributed by atoms with E-state index in [4.69, 9.17) is 11.6 Å². The van der Waals surface area contributed by atoms with Gasteiger partial charge in [-0.2, -0.15) is 32.1 Å². The van der Waals surface area contributed by atoms with Crippen LogP contribution in [0, 0.1) is 18.2 Å². The van der Waals surface area contributed by atoms with E-state index in [0.29, 0.717) is 34.4 Å². The smallest absolute Gasteiger partial charge is 0.348 e. The maximum atomic E-state index is 14.4. The maximum Gasteiger partial charge on any atom is 0.435 e. The molecule has 0 aromatic carbocycles. The van der Waals surface area contributed by atoms with Gasteiger partial charge in [-0.15, -0.1) is 0 Å². The lowest BCUT2D eigenvalue weighted by Gasteiger charge is -2.33. The predicted octanol–water partition coefficient (Wildman–Crippen LogP) is 5.27. The second kappa shape index (κ2) is 12.8. The van der Waals surface area contributed by atoms with E-state index in [1.165, 1.54) is 38.2 Å². The zero-order valence-corrected chi connectivity index (χ0v) is 28.6. The van der Waals surface area contributed by atoms with Gasteiger partial charge in [0.2, 0.25) is 11.8 Å². The van der Waals surface area contributed by atoms with Crippen molar-refractivity contribution in [3.63, 3.8) is 0 Å². The fraction of sp³-hybridized carbons (Fsp3) is 0.455. The highest BCUT2D eigenvalue weighted by Gasteiger charge is 2.65. The number of nitrogens with zero attached hydrogens (tertiary/aromatic N) is 7. The molecule has 0 radical (unpaired) electrons. The summed E-state index contributed by atoms with van der Waals surface area (Å²) in [4.78, 5) is 45.9. The van der Waals surface area contributed by atoms with Gasteiger partial charge >= 0.3 is 12.7 Å². The predicted molar refractivity (Wildman–Crippen MR) is 171 cm³/mol. The van der Waals surface area contributed by atoms with Crippen LogP contribution in [0.5, 0.6) is 0 Å². The molecule has 1 saturated heterocycles. The number of hydrogen-bond acceptors (Lipinski definition) is 6. The number of carbonyl (C=O) groups excluding carboxylic acids is 2. The molecule has 18 heteroatoms. The monoisotopic (exact) mass is 738 g/mol. The molecule has 5 heterocycles. The second-order valence-corrected chi connectivity index (χ2v) is 14.1. The number of halogens is 7. The molecule has 2 fully saturated rings. The lowest BCUT2D eigenvalue weighted by atomic mass is 9.96. The Morgan fingerprint density at radius 3 is 2.51 bits per heavy atom. The van der Waals surface area contributed by atoms with E-state index < -0.39 is 52.7 Å². The summed E-state index contributed by atoms with van der Waals surface area (Å²) in [5.41, 5.74) is -2.81. The molecule has 4 aromatic rings. The Morgan fingerprint density at radius 1 is 1.16 bits per heavy atom. The summed E-state index contributed by atoms with van der Waals surface area (Å²) < 4.78 is 84.8. The quantitative estimate of drug-likeness (QED) is 0.175. The summed E-state index contributed by atoms with van der Waals surface area (Å²) in [5.74, 6) is -2.32. The fourth-order valence-electron chi connectivity index (χ4n) is 6.95. The zero-order valence-electron chi connectivity index (χ0n) is 27.8. The third-order valence-electron chi connectivity index (χ3n) is 9.50. The van der Waals surface area contributed by atoms with E-state index in [2.05, 4.69) is 20.5 Å². The van der Waals surface area contributed by atoms with Crippen molar-refractivity contribution < 1.29 is 35.9 Å². The highest BCUT2D eigenvalue weighted by molar-refractivity contribution is 6.29.